The molecule has 3 aromatic rings. The molecule has 0 aliphatic heterocycles. The Labute approximate surface area is 132 Å². The first-order valence-electron chi connectivity index (χ1n) is 6.21. The Morgan fingerprint density at radius 3 is 2.76 bits per heavy atom. The normalized spacial score (nSPS) is 10.2. The summed E-state index contributed by atoms with van der Waals surface area (Å²) in [5, 5.41) is 2.01. The lowest BCUT2D eigenvalue weighted by Crippen LogP contribution is -1.92. The maximum Gasteiger partial charge on any atom is 0.199 e. The number of furan rings is 1. The maximum atomic E-state index is 5.46. The number of hydrogen-bond donors (Lipinski definition) is 2. The molecule has 0 aliphatic carbocycles. The molecule has 0 saturated heterocycles. The van der Waals surface area contributed by atoms with Gasteiger partial charge in [0.25, 0.3) is 0 Å². The Bertz CT molecular complexity index is 810. The van der Waals surface area contributed by atoms with Gasteiger partial charge < -0.3 is 15.1 Å². The highest BCUT2D eigenvalue weighted by Gasteiger charge is 2.00. The molecule has 3 heterocycles. The minimum atomic E-state index is 0.435. The summed E-state index contributed by atoms with van der Waals surface area (Å²) in [6.45, 7) is 4.01. The third-order valence-electron chi connectivity index (χ3n) is 2.74. The molecule has 0 aromatic carbocycles. The predicted molar refractivity (Wildman–Crippen MR) is 89.1 cm³/mol. The van der Waals surface area contributed by atoms with Gasteiger partial charge in [-0.3, -0.25) is 4.98 Å². The molecular weight excluding hydrogens is 304 g/mol. The average Bonchev–Trinajstić information content (AvgIpc) is 2.80. The van der Waals surface area contributed by atoms with Crippen molar-refractivity contribution in [2.24, 2.45) is 0 Å². The number of H-pyrrole nitrogens is 1. The number of anilines is 1. The van der Waals surface area contributed by atoms with E-state index in [1.54, 1.807) is 18.5 Å². The SMILES string of the molecule is CSc1cc(N)[nH]c(=S)n1.Cc1cc2c(C)coc2cn1. The van der Waals surface area contributed by atoms with E-state index in [-0.39, 0.29) is 0 Å². The average molecular weight is 320 g/mol. The molecule has 0 atom stereocenters. The number of thioether (sulfide) groups is 1. The summed E-state index contributed by atoms with van der Waals surface area (Å²) >= 11 is 6.31. The lowest BCUT2D eigenvalue weighted by Gasteiger charge is -1.95. The second-order valence-corrected chi connectivity index (χ2v) is 5.64. The highest BCUT2D eigenvalue weighted by atomic mass is 32.2. The van der Waals surface area contributed by atoms with Crippen LogP contribution in [0, 0.1) is 18.6 Å². The number of rotatable bonds is 1. The van der Waals surface area contributed by atoms with Gasteiger partial charge in [-0.2, -0.15) is 0 Å². The molecule has 7 heteroatoms. The van der Waals surface area contributed by atoms with E-state index in [4.69, 9.17) is 22.4 Å². The lowest BCUT2D eigenvalue weighted by atomic mass is 10.2. The molecule has 0 unspecified atom stereocenters. The largest absolute Gasteiger partial charge is 0.462 e. The molecular formula is C14H16N4OS2. The van der Waals surface area contributed by atoms with E-state index in [0.29, 0.717) is 10.6 Å². The van der Waals surface area contributed by atoms with Crippen molar-refractivity contribution in [2.75, 3.05) is 12.0 Å². The van der Waals surface area contributed by atoms with Crippen LogP contribution >= 0.6 is 24.0 Å². The summed E-state index contributed by atoms with van der Waals surface area (Å²) in [5.74, 6) is 0.560. The van der Waals surface area contributed by atoms with Crippen molar-refractivity contribution in [1.82, 2.24) is 15.0 Å². The van der Waals surface area contributed by atoms with Crippen LogP contribution in [0.15, 0.2) is 34.0 Å². The van der Waals surface area contributed by atoms with Crippen LogP contribution in [0.25, 0.3) is 11.0 Å². The number of aromatic amines is 1. The van der Waals surface area contributed by atoms with E-state index in [0.717, 1.165) is 21.7 Å². The first-order valence-corrected chi connectivity index (χ1v) is 7.84. The van der Waals surface area contributed by atoms with Crippen molar-refractivity contribution in [3.8, 4) is 0 Å². The fourth-order valence-electron chi connectivity index (χ4n) is 1.72. The van der Waals surface area contributed by atoms with Gasteiger partial charge in [-0.15, -0.1) is 11.8 Å². The van der Waals surface area contributed by atoms with Crippen molar-refractivity contribution in [3.63, 3.8) is 0 Å². The second-order valence-electron chi connectivity index (χ2n) is 4.42. The van der Waals surface area contributed by atoms with Crippen LogP contribution in [-0.4, -0.2) is 21.2 Å². The van der Waals surface area contributed by atoms with Crippen molar-refractivity contribution >= 4 is 40.8 Å². The van der Waals surface area contributed by atoms with Crippen LogP contribution in [0.3, 0.4) is 0 Å². The van der Waals surface area contributed by atoms with Crippen molar-refractivity contribution in [3.05, 3.63) is 40.6 Å². The molecule has 3 rings (SSSR count). The summed E-state index contributed by atoms with van der Waals surface area (Å²) in [7, 11) is 0. The molecule has 5 nitrogen and oxygen atoms in total. The van der Waals surface area contributed by atoms with Gasteiger partial charge in [0.1, 0.15) is 10.8 Å². The van der Waals surface area contributed by atoms with Crippen LogP contribution in [0.1, 0.15) is 11.3 Å². The molecule has 0 aliphatic rings. The van der Waals surface area contributed by atoms with Crippen molar-refractivity contribution in [1.29, 1.82) is 0 Å². The van der Waals surface area contributed by atoms with Gasteiger partial charge in [-0.25, -0.2) is 4.98 Å². The first-order chi connectivity index (χ1) is 9.99. The number of nitrogen functional groups attached to an aromatic ring is 1. The third kappa shape index (κ3) is 4.05. The zero-order valence-electron chi connectivity index (χ0n) is 12.0. The first kappa shape index (κ1) is 15.5. The number of nitrogens with two attached hydrogens (primary N) is 1. The Kier molecular flexibility index (Phi) is 4.98. The van der Waals surface area contributed by atoms with Gasteiger partial charge in [-0.05, 0) is 44.0 Å². The van der Waals surface area contributed by atoms with E-state index >= 15 is 0 Å². The molecule has 3 aromatic heterocycles. The van der Waals surface area contributed by atoms with Gasteiger partial charge >= 0.3 is 0 Å². The van der Waals surface area contributed by atoms with Crippen LogP contribution in [0.5, 0.6) is 0 Å². The minimum absolute atomic E-state index is 0.435. The lowest BCUT2D eigenvalue weighted by molar-refractivity contribution is 0.611. The monoisotopic (exact) mass is 320 g/mol. The summed E-state index contributed by atoms with van der Waals surface area (Å²) in [4.78, 5) is 10.8. The quantitative estimate of drug-likeness (QED) is 0.402. The summed E-state index contributed by atoms with van der Waals surface area (Å²) < 4.78 is 5.68. The molecule has 0 amide bonds. The zero-order chi connectivity index (χ0) is 15.4. The van der Waals surface area contributed by atoms with Crippen LogP contribution in [0.2, 0.25) is 0 Å². The zero-order valence-corrected chi connectivity index (χ0v) is 13.6. The van der Waals surface area contributed by atoms with Gasteiger partial charge in [0.2, 0.25) is 0 Å². The molecule has 110 valence electrons. The number of aromatic nitrogens is 3. The molecule has 3 N–H and O–H groups in total. The second kappa shape index (κ2) is 6.73. The number of nitrogens with one attached hydrogen (secondary N) is 1. The van der Waals surface area contributed by atoms with Crippen LogP contribution < -0.4 is 5.73 Å². The van der Waals surface area contributed by atoms with E-state index in [1.807, 2.05) is 26.2 Å². The molecule has 0 saturated carbocycles. The number of aryl methyl sites for hydroxylation is 2. The van der Waals surface area contributed by atoms with Crippen molar-refractivity contribution < 1.29 is 4.42 Å². The smallest absolute Gasteiger partial charge is 0.199 e. The highest BCUT2D eigenvalue weighted by Crippen LogP contribution is 2.19. The predicted octanol–water partition coefficient (Wildman–Crippen LogP) is 3.89. The summed E-state index contributed by atoms with van der Waals surface area (Å²) in [5.41, 5.74) is 8.53. The van der Waals surface area contributed by atoms with Gasteiger partial charge in [0, 0.05) is 17.1 Å². The van der Waals surface area contributed by atoms with E-state index in [2.05, 4.69) is 15.0 Å². The number of pyridine rings is 1. The van der Waals surface area contributed by atoms with E-state index in [9.17, 15) is 0 Å². The standard InChI is InChI=1S/C9H9NO.C5H7N3S2/c1-6-5-11-9-4-10-7(2)3-8(6)9;1-10-4-2-3(6)7-5(9)8-4/h3-5H,1-2H3;2H,1H3,(H3,6,7,8,9). The molecule has 0 spiro atoms. The minimum Gasteiger partial charge on any atom is -0.462 e. The fraction of sp³-hybridized carbons (Fsp3) is 0.214. The molecule has 0 radical (unpaired) electrons. The van der Waals surface area contributed by atoms with Crippen molar-refractivity contribution in [2.45, 2.75) is 18.9 Å². The van der Waals surface area contributed by atoms with Gasteiger partial charge in [0.15, 0.2) is 10.4 Å². The Morgan fingerprint density at radius 1 is 1.33 bits per heavy atom. The van der Waals surface area contributed by atoms with Gasteiger partial charge in [-0.1, -0.05) is 0 Å². The van der Waals surface area contributed by atoms with Crippen LogP contribution in [-0.2, 0) is 0 Å². The molecule has 0 fully saturated rings. The summed E-state index contributed by atoms with van der Waals surface area (Å²) in [6.07, 6.45) is 5.44. The topological polar surface area (TPSA) is 80.7 Å². The third-order valence-corrected chi connectivity index (χ3v) is 3.56. The number of fused-ring (bicyclic) bond motifs is 1. The Morgan fingerprint density at radius 2 is 2.10 bits per heavy atom. The number of nitrogens with zero attached hydrogens (tertiary/aromatic N) is 2. The molecule has 0 bridgehead atoms. The highest BCUT2D eigenvalue weighted by molar-refractivity contribution is 7.98. The Balaban J connectivity index is 0.000000155. The molecule has 21 heavy (non-hydrogen) atoms. The van der Waals surface area contributed by atoms with Crippen LogP contribution in [0.4, 0.5) is 5.82 Å². The number of hydrogen-bond acceptors (Lipinski definition) is 6. The van der Waals surface area contributed by atoms with E-state index in [1.165, 1.54) is 17.3 Å². The van der Waals surface area contributed by atoms with E-state index < -0.39 is 0 Å². The maximum absolute atomic E-state index is 5.46. The Hall–Kier alpha value is -1.86. The fourth-order valence-corrected chi connectivity index (χ4v) is 2.42. The van der Waals surface area contributed by atoms with Gasteiger partial charge in [0.05, 0.1) is 12.5 Å². The summed E-state index contributed by atoms with van der Waals surface area (Å²) in [6, 6.07) is 3.79.